The number of hydrogen-bond acceptors (Lipinski definition) is 5. The minimum Gasteiger partial charge on any atom is -0.436 e. The number of aromatic nitrogens is 2. The zero-order valence-corrected chi connectivity index (χ0v) is 12.2. The monoisotopic (exact) mass is 287 g/mol. The molecule has 0 bridgehead atoms. The van der Waals surface area contributed by atoms with E-state index < -0.39 is 0 Å². The third-order valence-corrected chi connectivity index (χ3v) is 3.81. The maximum absolute atomic E-state index is 12.1. The first-order valence-corrected chi connectivity index (χ1v) is 6.97. The fourth-order valence-electron chi connectivity index (χ4n) is 1.98. The molecular weight excluding hydrogens is 274 g/mol. The molecule has 0 radical (unpaired) electrons. The summed E-state index contributed by atoms with van der Waals surface area (Å²) >= 11 is 1.44. The molecule has 0 unspecified atom stereocenters. The second-order valence-corrected chi connectivity index (χ2v) is 5.62. The predicted octanol–water partition coefficient (Wildman–Crippen LogP) is 3.46. The van der Waals surface area contributed by atoms with E-state index in [-0.39, 0.29) is 11.7 Å². The van der Waals surface area contributed by atoms with Gasteiger partial charge in [-0.15, -0.1) is 0 Å². The highest BCUT2D eigenvalue weighted by Gasteiger charge is 2.17. The maximum Gasteiger partial charge on any atom is 0.295 e. The summed E-state index contributed by atoms with van der Waals surface area (Å²) in [5, 5.41) is 3.32. The van der Waals surface area contributed by atoms with Gasteiger partial charge in [0, 0.05) is 6.92 Å². The van der Waals surface area contributed by atoms with E-state index in [0.29, 0.717) is 16.7 Å². The van der Waals surface area contributed by atoms with E-state index in [1.54, 1.807) is 13.8 Å². The number of rotatable bonds is 2. The van der Waals surface area contributed by atoms with Crippen LogP contribution in [0.4, 0.5) is 5.13 Å². The first-order chi connectivity index (χ1) is 9.52. The first kappa shape index (κ1) is 12.8. The van der Waals surface area contributed by atoms with E-state index in [1.165, 1.54) is 16.9 Å². The van der Waals surface area contributed by atoms with Gasteiger partial charge in [-0.05, 0) is 31.5 Å². The van der Waals surface area contributed by atoms with Crippen molar-refractivity contribution in [2.24, 2.45) is 0 Å². The molecular formula is C14H13N3O2S. The van der Waals surface area contributed by atoms with Crippen LogP contribution in [0, 0.1) is 20.8 Å². The van der Waals surface area contributed by atoms with Crippen molar-refractivity contribution in [2.75, 3.05) is 5.32 Å². The highest BCUT2D eigenvalue weighted by molar-refractivity contribution is 7.22. The molecule has 0 saturated carbocycles. The van der Waals surface area contributed by atoms with Crippen LogP contribution < -0.4 is 5.32 Å². The van der Waals surface area contributed by atoms with E-state index in [2.05, 4.69) is 15.3 Å². The number of anilines is 1. The Morgan fingerprint density at radius 2 is 2.05 bits per heavy atom. The van der Waals surface area contributed by atoms with Crippen molar-refractivity contribution in [1.82, 2.24) is 9.97 Å². The number of hydrogen-bond donors (Lipinski definition) is 1. The van der Waals surface area contributed by atoms with Crippen LogP contribution in [0.1, 0.15) is 27.7 Å². The molecule has 0 aliphatic carbocycles. The number of aryl methyl sites for hydroxylation is 3. The first-order valence-electron chi connectivity index (χ1n) is 6.15. The van der Waals surface area contributed by atoms with Gasteiger partial charge in [-0.25, -0.2) is 9.97 Å². The number of carbonyl (C=O) groups excluding carboxylic acids is 1. The van der Waals surface area contributed by atoms with Crippen LogP contribution in [-0.2, 0) is 0 Å². The van der Waals surface area contributed by atoms with Gasteiger partial charge in [0.15, 0.2) is 11.0 Å². The third kappa shape index (κ3) is 2.30. The fourth-order valence-corrected chi connectivity index (χ4v) is 2.94. The Morgan fingerprint density at radius 3 is 2.75 bits per heavy atom. The van der Waals surface area contributed by atoms with Crippen molar-refractivity contribution in [1.29, 1.82) is 0 Å². The lowest BCUT2D eigenvalue weighted by Gasteiger charge is -1.97. The van der Waals surface area contributed by atoms with Crippen molar-refractivity contribution in [3.63, 3.8) is 0 Å². The average molecular weight is 287 g/mol. The normalized spacial score (nSPS) is 10.9. The molecule has 6 heteroatoms. The molecule has 1 amide bonds. The molecule has 1 aromatic carbocycles. The second-order valence-electron chi connectivity index (χ2n) is 4.59. The van der Waals surface area contributed by atoms with Crippen molar-refractivity contribution in [3.05, 3.63) is 41.1 Å². The number of benzene rings is 1. The number of amides is 1. The zero-order chi connectivity index (χ0) is 14.3. The van der Waals surface area contributed by atoms with E-state index in [0.717, 1.165) is 10.2 Å². The maximum atomic E-state index is 12.1. The zero-order valence-electron chi connectivity index (χ0n) is 11.4. The van der Waals surface area contributed by atoms with Gasteiger partial charge in [0.25, 0.3) is 5.91 Å². The van der Waals surface area contributed by atoms with Crippen molar-refractivity contribution >= 4 is 32.6 Å². The van der Waals surface area contributed by atoms with Gasteiger partial charge in [-0.3, -0.25) is 10.1 Å². The summed E-state index contributed by atoms with van der Waals surface area (Å²) in [5.74, 6) is 0.393. The van der Waals surface area contributed by atoms with Gasteiger partial charge < -0.3 is 4.42 Å². The Labute approximate surface area is 119 Å². The SMILES string of the molecule is Cc1ccc2nc(NC(=O)c3oc(C)nc3C)sc2c1. The van der Waals surface area contributed by atoms with Crippen molar-refractivity contribution in [3.8, 4) is 0 Å². The summed E-state index contributed by atoms with van der Waals surface area (Å²) in [6.07, 6.45) is 0. The summed E-state index contributed by atoms with van der Waals surface area (Å²) in [7, 11) is 0. The minimum absolute atomic E-state index is 0.234. The van der Waals surface area contributed by atoms with Crippen LogP contribution in [0.15, 0.2) is 22.6 Å². The molecule has 3 aromatic rings. The number of oxazole rings is 1. The van der Waals surface area contributed by atoms with E-state index in [4.69, 9.17) is 4.42 Å². The van der Waals surface area contributed by atoms with E-state index in [1.807, 2.05) is 25.1 Å². The van der Waals surface area contributed by atoms with Crippen LogP contribution in [-0.4, -0.2) is 15.9 Å². The average Bonchev–Trinajstić information content (AvgIpc) is 2.91. The summed E-state index contributed by atoms with van der Waals surface area (Å²) in [6, 6.07) is 5.99. The molecule has 2 heterocycles. The van der Waals surface area contributed by atoms with Crippen molar-refractivity contribution < 1.29 is 9.21 Å². The molecule has 3 rings (SSSR count). The minimum atomic E-state index is -0.320. The molecule has 0 aliphatic heterocycles. The Hall–Kier alpha value is -2.21. The summed E-state index contributed by atoms with van der Waals surface area (Å²) < 4.78 is 6.34. The Bertz CT molecular complexity index is 804. The molecule has 20 heavy (non-hydrogen) atoms. The Morgan fingerprint density at radius 1 is 1.25 bits per heavy atom. The van der Waals surface area contributed by atoms with Crippen molar-refractivity contribution in [2.45, 2.75) is 20.8 Å². The fraction of sp³-hybridized carbons (Fsp3) is 0.214. The molecule has 0 fully saturated rings. The van der Waals surface area contributed by atoms with E-state index in [9.17, 15) is 4.79 Å². The number of nitrogens with zero attached hydrogens (tertiary/aromatic N) is 2. The Balaban J connectivity index is 1.89. The highest BCUT2D eigenvalue weighted by Crippen LogP contribution is 2.27. The third-order valence-electron chi connectivity index (χ3n) is 2.87. The van der Waals surface area contributed by atoms with Gasteiger partial charge in [-0.1, -0.05) is 17.4 Å². The van der Waals surface area contributed by atoms with Gasteiger partial charge in [-0.2, -0.15) is 0 Å². The number of fused-ring (bicyclic) bond motifs is 1. The van der Waals surface area contributed by atoms with Crippen LogP contribution in [0.25, 0.3) is 10.2 Å². The van der Waals surface area contributed by atoms with Crippen LogP contribution in [0.3, 0.4) is 0 Å². The summed E-state index contributed by atoms with van der Waals surface area (Å²) in [5.41, 5.74) is 2.62. The number of thiazole rings is 1. The molecule has 102 valence electrons. The largest absolute Gasteiger partial charge is 0.436 e. The van der Waals surface area contributed by atoms with Crippen LogP contribution >= 0.6 is 11.3 Å². The Kier molecular flexibility index (Phi) is 3.02. The molecule has 0 aliphatic rings. The van der Waals surface area contributed by atoms with E-state index >= 15 is 0 Å². The molecule has 0 atom stereocenters. The molecule has 0 saturated heterocycles. The highest BCUT2D eigenvalue weighted by atomic mass is 32.1. The summed E-state index contributed by atoms with van der Waals surface area (Å²) in [4.78, 5) is 20.6. The van der Waals surface area contributed by atoms with Crippen LogP contribution in [0.2, 0.25) is 0 Å². The van der Waals surface area contributed by atoms with Gasteiger partial charge in [0.1, 0.15) is 0 Å². The van der Waals surface area contributed by atoms with Gasteiger partial charge >= 0.3 is 0 Å². The molecule has 5 nitrogen and oxygen atoms in total. The second kappa shape index (κ2) is 4.72. The standard InChI is InChI=1S/C14H13N3O2S/c1-7-4-5-10-11(6-7)20-14(16-10)17-13(18)12-8(2)15-9(3)19-12/h4-6H,1-3H3,(H,16,17,18). The molecule has 0 spiro atoms. The lowest BCUT2D eigenvalue weighted by Crippen LogP contribution is -2.11. The van der Waals surface area contributed by atoms with Gasteiger partial charge in [0.2, 0.25) is 5.76 Å². The van der Waals surface area contributed by atoms with Gasteiger partial charge in [0.05, 0.1) is 15.9 Å². The topological polar surface area (TPSA) is 68.0 Å². The summed E-state index contributed by atoms with van der Waals surface area (Å²) in [6.45, 7) is 5.48. The van der Waals surface area contributed by atoms with Crippen LogP contribution in [0.5, 0.6) is 0 Å². The number of nitrogens with one attached hydrogen (secondary N) is 1. The molecule has 2 aromatic heterocycles. The lowest BCUT2D eigenvalue weighted by molar-refractivity contribution is 0.0994. The number of carbonyl (C=O) groups is 1. The smallest absolute Gasteiger partial charge is 0.295 e. The predicted molar refractivity (Wildman–Crippen MR) is 78.3 cm³/mol. The lowest BCUT2D eigenvalue weighted by atomic mass is 10.2. The quantitative estimate of drug-likeness (QED) is 0.783. The molecule has 1 N–H and O–H groups in total.